The Hall–Kier alpha value is -2.57. The minimum atomic E-state index is -4.54. The maximum Gasteiger partial charge on any atom is 0.419 e. The van der Waals surface area contributed by atoms with Crippen LogP contribution in [0.3, 0.4) is 0 Å². The number of carbonyl (C=O) groups is 1. The van der Waals surface area contributed by atoms with Crippen molar-refractivity contribution >= 4 is 5.91 Å². The molecule has 2 rings (SSSR count). The number of benzene rings is 1. The topological polar surface area (TPSA) is 42.4 Å². The highest BCUT2D eigenvalue weighted by molar-refractivity contribution is 5.80. The minimum Gasteiger partial charge on any atom is -0.480 e. The van der Waals surface area contributed by atoms with Crippen LogP contribution in [0.25, 0.3) is 0 Å². The van der Waals surface area contributed by atoms with Crippen LogP contribution >= 0.6 is 0 Å². The maximum atomic E-state index is 13.0. The molecule has 1 heterocycles. The standard InChI is InChI=1S/C17H17F3N2O2/c1-12(16(23)22(2)11-13-7-9-21-10-8-13)24-15-6-4-3-5-14(15)17(18,19)20/h3-10,12H,11H2,1-2H3/t12-/m1/s1. The van der Waals surface area contributed by atoms with Gasteiger partial charge < -0.3 is 9.64 Å². The van der Waals surface area contributed by atoms with E-state index in [0.717, 1.165) is 11.6 Å². The van der Waals surface area contributed by atoms with Gasteiger partial charge in [-0.25, -0.2) is 0 Å². The van der Waals surface area contributed by atoms with E-state index in [4.69, 9.17) is 4.74 Å². The fourth-order valence-corrected chi connectivity index (χ4v) is 2.19. The van der Waals surface area contributed by atoms with Gasteiger partial charge in [0.05, 0.1) is 5.56 Å². The molecule has 0 unspecified atom stereocenters. The number of likely N-dealkylation sites (N-methyl/N-ethyl adjacent to an activating group) is 1. The first-order valence-corrected chi connectivity index (χ1v) is 7.26. The van der Waals surface area contributed by atoms with Crippen LogP contribution < -0.4 is 4.74 Å². The normalized spacial score (nSPS) is 12.5. The third kappa shape index (κ3) is 4.47. The summed E-state index contributed by atoms with van der Waals surface area (Å²) in [5.41, 5.74) is -0.0369. The van der Waals surface area contributed by atoms with Crippen LogP contribution in [0.15, 0.2) is 48.8 Å². The second kappa shape index (κ2) is 7.33. The molecule has 0 fully saturated rings. The van der Waals surface area contributed by atoms with Crippen molar-refractivity contribution in [1.29, 1.82) is 0 Å². The molecule has 0 saturated carbocycles. The largest absolute Gasteiger partial charge is 0.480 e. The summed E-state index contributed by atoms with van der Waals surface area (Å²) in [5.74, 6) is -0.771. The van der Waals surface area contributed by atoms with Gasteiger partial charge in [-0.15, -0.1) is 0 Å². The van der Waals surface area contributed by atoms with Crippen molar-refractivity contribution in [3.63, 3.8) is 0 Å². The number of ether oxygens (including phenoxy) is 1. The molecule has 128 valence electrons. The van der Waals surface area contributed by atoms with Crippen LogP contribution in [0.4, 0.5) is 13.2 Å². The Labute approximate surface area is 137 Å². The molecule has 0 aliphatic rings. The van der Waals surface area contributed by atoms with E-state index < -0.39 is 23.8 Å². The number of hydrogen-bond donors (Lipinski definition) is 0. The number of halogens is 3. The highest BCUT2D eigenvalue weighted by Crippen LogP contribution is 2.36. The predicted molar refractivity (Wildman–Crippen MR) is 82.2 cm³/mol. The van der Waals surface area contributed by atoms with E-state index in [0.29, 0.717) is 6.54 Å². The van der Waals surface area contributed by atoms with Crippen molar-refractivity contribution in [2.75, 3.05) is 7.05 Å². The molecule has 2 aromatic rings. The SMILES string of the molecule is C[C@@H](Oc1ccccc1C(F)(F)F)C(=O)N(C)Cc1ccncc1. The summed E-state index contributed by atoms with van der Waals surface area (Å²) in [7, 11) is 1.57. The van der Waals surface area contributed by atoms with Crippen molar-refractivity contribution < 1.29 is 22.7 Å². The molecule has 0 bridgehead atoms. The van der Waals surface area contributed by atoms with Gasteiger partial charge in [-0.05, 0) is 36.8 Å². The summed E-state index contributed by atoms with van der Waals surface area (Å²) in [6.07, 6.45) is -2.37. The van der Waals surface area contributed by atoms with E-state index in [1.165, 1.54) is 30.0 Å². The molecule has 0 N–H and O–H groups in total. The number of amides is 1. The molecule has 0 spiro atoms. The number of alkyl halides is 3. The van der Waals surface area contributed by atoms with Crippen LogP contribution in [-0.4, -0.2) is 28.9 Å². The lowest BCUT2D eigenvalue weighted by Gasteiger charge is -2.23. The van der Waals surface area contributed by atoms with Gasteiger partial charge in [0.25, 0.3) is 5.91 Å². The molecular formula is C17H17F3N2O2. The zero-order valence-corrected chi connectivity index (χ0v) is 13.2. The Morgan fingerprint density at radius 1 is 1.21 bits per heavy atom. The van der Waals surface area contributed by atoms with Crippen LogP contribution in [0.2, 0.25) is 0 Å². The molecule has 0 radical (unpaired) electrons. The molecule has 0 aliphatic carbocycles. The number of aromatic nitrogens is 1. The Morgan fingerprint density at radius 3 is 2.46 bits per heavy atom. The first-order chi connectivity index (χ1) is 11.3. The quantitative estimate of drug-likeness (QED) is 0.838. The lowest BCUT2D eigenvalue weighted by molar-refractivity contribution is -0.143. The van der Waals surface area contributed by atoms with Gasteiger partial charge in [-0.3, -0.25) is 9.78 Å². The number of hydrogen-bond acceptors (Lipinski definition) is 3. The first kappa shape index (κ1) is 17.8. The third-order valence-corrected chi connectivity index (χ3v) is 3.39. The average molecular weight is 338 g/mol. The Balaban J connectivity index is 2.07. The number of pyridine rings is 1. The number of nitrogens with zero attached hydrogens (tertiary/aromatic N) is 2. The monoisotopic (exact) mass is 338 g/mol. The molecule has 24 heavy (non-hydrogen) atoms. The highest BCUT2D eigenvalue weighted by atomic mass is 19.4. The second-order valence-corrected chi connectivity index (χ2v) is 5.30. The maximum absolute atomic E-state index is 13.0. The van der Waals surface area contributed by atoms with Crippen LogP contribution in [0, 0.1) is 0 Å². The summed E-state index contributed by atoms with van der Waals surface area (Å²) in [5, 5.41) is 0. The van der Waals surface area contributed by atoms with Gasteiger partial charge in [-0.2, -0.15) is 13.2 Å². The van der Waals surface area contributed by atoms with Crippen molar-refractivity contribution in [2.24, 2.45) is 0 Å². The zero-order chi connectivity index (χ0) is 17.7. The first-order valence-electron chi connectivity index (χ1n) is 7.26. The molecular weight excluding hydrogens is 321 g/mol. The molecule has 1 atom stereocenters. The lowest BCUT2D eigenvalue weighted by atomic mass is 10.2. The molecule has 7 heteroatoms. The molecule has 0 saturated heterocycles. The number of rotatable bonds is 5. The zero-order valence-electron chi connectivity index (χ0n) is 13.2. The van der Waals surface area contributed by atoms with Crippen molar-refractivity contribution in [1.82, 2.24) is 9.88 Å². The summed E-state index contributed by atoms with van der Waals surface area (Å²) in [4.78, 5) is 17.6. The van der Waals surface area contributed by atoms with Gasteiger partial charge >= 0.3 is 6.18 Å². The van der Waals surface area contributed by atoms with Gasteiger partial charge in [0.2, 0.25) is 0 Å². The second-order valence-electron chi connectivity index (χ2n) is 5.30. The molecule has 1 aromatic heterocycles. The van der Waals surface area contributed by atoms with Gasteiger partial charge in [0.1, 0.15) is 5.75 Å². The van der Waals surface area contributed by atoms with Crippen molar-refractivity contribution in [2.45, 2.75) is 25.7 Å². The minimum absolute atomic E-state index is 0.315. The van der Waals surface area contributed by atoms with Crippen LogP contribution in [0.5, 0.6) is 5.75 Å². The van der Waals surface area contributed by atoms with E-state index in [2.05, 4.69) is 4.98 Å². The molecule has 0 aliphatic heterocycles. The smallest absolute Gasteiger partial charge is 0.419 e. The molecule has 4 nitrogen and oxygen atoms in total. The van der Waals surface area contributed by atoms with Crippen molar-refractivity contribution in [3.05, 3.63) is 59.9 Å². The molecule has 1 amide bonds. The average Bonchev–Trinajstić information content (AvgIpc) is 2.54. The third-order valence-electron chi connectivity index (χ3n) is 3.39. The lowest BCUT2D eigenvalue weighted by Crippen LogP contribution is -2.37. The Kier molecular flexibility index (Phi) is 5.43. The Bertz CT molecular complexity index is 690. The number of carbonyl (C=O) groups excluding carboxylic acids is 1. The molecule has 1 aromatic carbocycles. The van der Waals surface area contributed by atoms with Crippen molar-refractivity contribution in [3.8, 4) is 5.75 Å². The van der Waals surface area contributed by atoms with Gasteiger partial charge in [0.15, 0.2) is 6.10 Å². The highest BCUT2D eigenvalue weighted by Gasteiger charge is 2.35. The van der Waals surface area contributed by atoms with E-state index in [9.17, 15) is 18.0 Å². The van der Waals surface area contributed by atoms with Gasteiger partial charge in [0, 0.05) is 26.0 Å². The van der Waals surface area contributed by atoms with E-state index in [1.54, 1.807) is 31.6 Å². The number of para-hydroxylation sites is 1. The fraction of sp³-hybridized carbons (Fsp3) is 0.294. The van der Waals surface area contributed by atoms with E-state index in [-0.39, 0.29) is 5.75 Å². The van der Waals surface area contributed by atoms with Crippen LogP contribution in [-0.2, 0) is 17.5 Å². The van der Waals surface area contributed by atoms with Crippen LogP contribution in [0.1, 0.15) is 18.1 Å². The Morgan fingerprint density at radius 2 is 1.83 bits per heavy atom. The summed E-state index contributed by atoms with van der Waals surface area (Å²) in [6, 6.07) is 8.35. The summed E-state index contributed by atoms with van der Waals surface area (Å²) in [6.45, 7) is 1.74. The van der Waals surface area contributed by atoms with E-state index in [1.807, 2.05) is 0 Å². The fourth-order valence-electron chi connectivity index (χ4n) is 2.19. The predicted octanol–water partition coefficient (Wildman–Crippen LogP) is 3.53. The van der Waals surface area contributed by atoms with Gasteiger partial charge in [-0.1, -0.05) is 12.1 Å². The summed E-state index contributed by atoms with van der Waals surface area (Å²) < 4.78 is 44.2. The summed E-state index contributed by atoms with van der Waals surface area (Å²) >= 11 is 0. The van der Waals surface area contributed by atoms with E-state index >= 15 is 0 Å².